The van der Waals surface area contributed by atoms with Crippen LogP contribution in [0.1, 0.15) is 38.4 Å². The maximum atomic E-state index is 13.8. The van der Waals surface area contributed by atoms with E-state index in [2.05, 4.69) is 6.92 Å². The second-order valence-corrected chi connectivity index (χ2v) is 8.27. The Morgan fingerprint density at radius 3 is 2.36 bits per heavy atom. The first-order valence-corrected chi connectivity index (χ1v) is 11.5. The van der Waals surface area contributed by atoms with Crippen LogP contribution >= 0.6 is 0 Å². The highest BCUT2D eigenvalue weighted by Gasteiger charge is 2.23. The summed E-state index contributed by atoms with van der Waals surface area (Å²) in [6.45, 7) is 4.72. The standard InChI is InChI=1S/C26H27N5O2/c1-4-5-6-11-16-30-17(2)27-24-22(26(30)32)23-25(29-19-13-8-7-12-18(19)28-23)31(24)20-14-9-10-15-21(20)33-3/h7-10,12-15H,4-6,11,16H2,1-3H3. The van der Waals surface area contributed by atoms with Crippen molar-refractivity contribution in [3.8, 4) is 11.4 Å². The minimum atomic E-state index is -0.0720. The van der Waals surface area contributed by atoms with Gasteiger partial charge in [0.1, 0.15) is 22.5 Å². The molecule has 0 atom stereocenters. The monoisotopic (exact) mass is 441 g/mol. The predicted octanol–water partition coefficient (Wildman–Crippen LogP) is 5.18. The normalized spacial score (nSPS) is 11.6. The molecule has 5 aromatic rings. The molecule has 0 N–H and O–H groups in total. The van der Waals surface area contributed by atoms with E-state index in [4.69, 9.17) is 19.7 Å². The zero-order chi connectivity index (χ0) is 22.9. The highest BCUT2D eigenvalue weighted by molar-refractivity contribution is 6.06. The third kappa shape index (κ3) is 3.53. The Morgan fingerprint density at radius 1 is 0.879 bits per heavy atom. The summed E-state index contributed by atoms with van der Waals surface area (Å²) in [6.07, 6.45) is 4.35. The number of hydrogen-bond donors (Lipinski definition) is 0. The molecule has 2 aromatic carbocycles. The quantitative estimate of drug-likeness (QED) is 0.325. The van der Waals surface area contributed by atoms with Gasteiger partial charge in [-0.2, -0.15) is 0 Å². The van der Waals surface area contributed by atoms with E-state index in [9.17, 15) is 4.79 Å². The van der Waals surface area contributed by atoms with Gasteiger partial charge < -0.3 is 4.74 Å². The fourth-order valence-electron chi connectivity index (χ4n) is 4.43. The first-order chi connectivity index (χ1) is 16.1. The Labute approximate surface area is 191 Å². The molecule has 0 aliphatic heterocycles. The number of para-hydroxylation sites is 4. The van der Waals surface area contributed by atoms with Crippen LogP contribution in [0.2, 0.25) is 0 Å². The van der Waals surface area contributed by atoms with Crippen molar-refractivity contribution in [2.75, 3.05) is 7.11 Å². The van der Waals surface area contributed by atoms with Gasteiger partial charge in [-0.25, -0.2) is 15.0 Å². The largest absolute Gasteiger partial charge is 0.495 e. The van der Waals surface area contributed by atoms with Crippen LogP contribution in [0.25, 0.3) is 38.9 Å². The fourth-order valence-corrected chi connectivity index (χ4v) is 4.43. The van der Waals surface area contributed by atoms with Crippen LogP contribution < -0.4 is 10.3 Å². The molecule has 0 radical (unpaired) electrons. The summed E-state index contributed by atoms with van der Waals surface area (Å²) in [6, 6.07) is 15.4. The van der Waals surface area contributed by atoms with E-state index in [0.717, 1.165) is 42.4 Å². The van der Waals surface area contributed by atoms with Gasteiger partial charge in [0.05, 0.1) is 23.8 Å². The topological polar surface area (TPSA) is 74.8 Å². The zero-order valence-corrected chi connectivity index (χ0v) is 19.2. The van der Waals surface area contributed by atoms with Gasteiger partial charge in [0.2, 0.25) is 0 Å². The van der Waals surface area contributed by atoms with Crippen LogP contribution in [0.5, 0.6) is 5.75 Å². The minimum absolute atomic E-state index is 0.0720. The Morgan fingerprint density at radius 2 is 1.61 bits per heavy atom. The van der Waals surface area contributed by atoms with Crippen molar-refractivity contribution < 1.29 is 4.74 Å². The molecular weight excluding hydrogens is 414 g/mol. The van der Waals surface area contributed by atoms with E-state index in [1.807, 2.05) is 60.0 Å². The number of hydrogen-bond acceptors (Lipinski definition) is 5. The van der Waals surface area contributed by atoms with Crippen molar-refractivity contribution in [1.82, 2.24) is 24.1 Å². The Bertz CT molecular complexity index is 1530. The Hall–Kier alpha value is -3.74. The van der Waals surface area contributed by atoms with Gasteiger partial charge in [-0.05, 0) is 37.6 Å². The molecule has 0 aliphatic carbocycles. The Kier molecular flexibility index (Phi) is 5.54. The van der Waals surface area contributed by atoms with E-state index in [1.54, 1.807) is 11.7 Å². The maximum Gasteiger partial charge on any atom is 0.265 e. The number of benzene rings is 2. The number of aryl methyl sites for hydroxylation is 1. The molecule has 3 heterocycles. The van der Waals surface area contributed by atoms with Crippen molar-refractivity contribution in [3.63, 3.8) is 0 Å². The summed E-state index contributed by atoms with van der Waals surface area (Å²) in [7, 11) is 1.63. The van der Waals surface area contributed by atoms with E-state index < -0.39 is 0 Å². The number of unbranched alkanes of at least 4 members (excludes halogenated alkanes) is 3. The number of fused-ring (bicyclic) bond motifs is 4. The third-order valence-corrected chi connectivity index (χ3v) is 6.11. The summed E-state index contributed by atoms with van der Waals surface area (Å²) in [4.78, 5) is 28.5. The molecule has 0 fully saturated rings. The molecule has 0 bridgehead atoms. The number of aromatic nitrogens is 5. The van der Waals surface area contributed by atoms with E-state index >= 15 is 0 Å². The summed E-state index contributed by atoms with van der Waals surface area (Å²) in [5.74, 6) is 1.36. The molecule has 7 heteroatoms. The molecule has 0 saturated carbocycles. The predicted molar refractivity (Wildman–Crippen MR) is 131 cm³/mol. The summed E-state index contributed by atoms with van der Waals surface area (Å²) >= 11 is 0. The molecule has 0 saturated heterocycles. The zero-order valence-electron chi connectivity index (χ0n) is 19.2. The van der Waals surface area contributed by atoms with Crippen molar-refractivity contribution in [3.05, 3.63) is 64.7 Å². The second-order valence-electron chi connectivity index (χ2n) is 8.27. The van der Waals surface area contributed by atoms with E-state index in [1.165, 1.54) is 0 Å². The van der Waals surface area contributed by atoms with Crippen LogP contribution in [0.4, 0.5) is 0 Å². The van der Waals surface area contributed by atoms with Gasteiger partial charge in [-0.3, -0.25) is 13.9 Å². The molecule has 3 aromatic heterocycles. The molecule has 168 valence electrons. The molecular formula is C26H27N5O2. The van der Waals surface area contributed by atoms with Crippen molar-refractivity contribution >= 4 is 33.2 Å². The summed E-state index contributed by atoms with van der Waals surface area (Å²) in [5.41, 5.74) is 3.93. The highest BCUT2D eigenvalue weighted by atomic mass is 16.5. The van der Waals surface area contributed by atoms with Gasteiger partial charge in [0, 0.05) is 6.54 Å². The van der Waals surface area contributed by atoms with Crippen molar-refractivity contribution in [2.45, 2.75) is 46.1 Å². The minimum Gasteiger partial charge on any atom is -0.495 e. The fraction of sp³-hybridized carbons (Fsp3) is 0.308. The molecule has 5 rings (SSSR count). The van der Waals surface area contributed by atoms with Gasteiger partial charge in [-0.1, -0.05) is 50.5 Å². The second kappa shape index (κ2) is 8.65. The van der Waals surface area contributed by atoms with Gasteiger partial charge in [0.25, 0.3) is 5.56 Å². The van der Waals surface area contributed by atoms with Crippen molar-refractivity contribution in [1.29, 1.82) is 0 Å². The lowest BCUT2D eigenvalue weighted by Gasteiger charge is -2.13. The average molecular weight is 442 g/mol. The van der Waals surface area contributed by atoms with Crippen LogP contribution in [0.3, 0.4) is 0 Å². The molecule has 7 nitrogen and oxygen atoms in total. The molecule has 0 unspecified atom stereocenters. The van der Waals surface area contributed by atoms with Gasteiger partial charge in [0.15, 0.2) is 11.3 Å². The SMILES string of the molecule is CCCCCCn1c(C)nc2c(c1=O)c1nc3ccccc3nc1n2-c1ccccc1OC. The van der Waals surface area contributed by atoms with Gasteiger partial charge >= 0.3 is 0 Å². The first kappa shape index (κ1) is 21.1. The van der Waals surface area contributed by atoms with Crippen molar-refractivity contribution in [2.24, 2.45) is 0 Å². The lowest BCUT2D eigenvalue weighted by atomic mass is 10.2. The maximum absolute atomic E-state index is 13.8. The average Bonchev–Trinajstić information content (AvgIpc) is 3.14. The van der Waals surface area contributed by atoms with E-state index in [0.29, 0.717) is 40.3 Å². The first-order valence-electron chi connectivity index (χ1n) is 11.5. The Balaban J connectivity index is 1.86. The number of methoxy groups -OCH3 is 1. The molecule has 0 aliphatic rings. The summed E-state index contributed by atoms with van der Waals surface area (Å²) < 4.78 is 9.31. The number of rotatable bonds is 7. The van der Waals surface area contributed by atoms with E-state index in [-0.39, 0.29) is 5.56 Å². The lowest BCUT2D eigenvalue weighted by Crippen LogP contribution is -2.24. The van der Waals surface area contributed by atoms with Crippen LogP contribution in [0.15, 0.2) is 53.3 Å². The van der Waals surface area contributed by atoms with Gasteiger partial charge in [-0.15, -0.1) is 0 Å². The highest BCUT2D eigenvalue weighted by Crippen LogP contribution is 2.32. The molecule has 0 amide bonds. The molecule has 33 heavy (non-hydrogen) atoms. The summed E-state index contributed by atoms with van der Waals surface area (Å²) in [5, 5.41) is 0.496. The third-order valence-electron chi connectivity index (χ3n) is 6.11. The van der Waals surface area contributed by atoms with Crippen LogP contribution in [0, 0.1) is 6.92 Å². The number of ether oxygens (including phenoxy) is 1. The smallest absolute Gasteiger partial charge is 0.265 e. The number of nitrogens with zero attached hydrogens (tertiary/aromatic N) is 5. The lowest BCUT2D eigenvalue weighted by molar-refractivity contribution is 0.413. The molecule has 0 spiro atoms. The van der Waals surface area contributed by atoms with Crippen LogP contribution in [-0.2, 0) is 6.54 Å². The van der Waals surface area contributed by atoms with Crippen LogP contribution in [-0.4, -0.2) is 31.2 Å².